The molecule has 128 valence electrons. The van der Waals surface area contributed by atoms with Crippen LogP contribution >= 0.6 is 0 Å². The molecule has 0 saturated carbocycles. The number of rotatable bonds is 9. The number of aryl methyl sites for hydroxylation is 1. The molecule has 3 unspecified atom stereocenters. The van der Waals surface area contributed by atoms with Crippen LogP contribution in [0.5, 0.6) is 0 Å². The average Bonchev–Trinajstić information content (AvgIpc) is 3.40. The maximum atomic E-state index is 12.5. The highest BCUT2D eigenvalue weighted by Gasteiger charge is 2.37. The van der Waals surface area contributed by atoms with E-state index < -0.39 is 10.1 Å². The van der Waals surface area contributed by atoms with E-state index in [9.17, 15) is 8.42 Å². The molecule has 2 heterocycles. The van der Waals surface area contributed by atoms with Gasteiger partial charge >= 0.3 is 0 Å². The Balaban J connectivity index is 1.71. The van der Waals surface area contributed by atoms with Gasteiger partial charge in [0.15, 0.2) is 0 Å². The van der Waals surface area contributed by atoms with Crippen LogP contribution in [0, 0.1) is 12.8 Å². The smallest absolute Gasteiger partial charge is 0.297 e. The first kappa shape index (κ1) is 16.9. The summed E-state index contributed by atoms with van der Waals surface area (Å²) in [6.45, 7) is 5.42. The van der Waals surface area contributed by atoms with Crippen LogP contribution in [0.2, 0.25) is 0 Å². The Bertz CT molecular complexity index is 603. The second-order valence-electron chi connectivity index (χ2n) is 6.45. The highest BCUT2D eigenvalue weighted by atomic mass is 32.2. The fourth-order valence-electron chi connectivity index (χ4n) is 2.89. The Hall–Kier alpha value is -0.950. The molecular formula is C17H24O5S. The fourth-order valence-corrected chi connectivity index (χ4v) is 4.09. The zero-order chi connectivity index (χ0) is 16.4. The fraction of sp³-hybridized carbons (Fsp3) is 0.647. The maximum absolute atomic E-state index is 12.5. The molecular weight excluding hydrogens is 316 g/mol. The van der Waals surface area contributed by atoms with Crippen molar-refractivity contribution >= 4 is 10.1 Å². The van der Waals surface area contributed by atoms with Crippen LogP contribution in [0.25, 0.3) is 0 Å². The number of hydrogen-bond acceptors (Lipinski definition) is 5. The van der Waals surface area contributed by atoms with Gasteiger partial charge in [0.2, 0.25) is 0 Å². The Morgan fingerprint density at radius 3 is 2.09 bits per heavy atom. The molecule has 0 aliphatic carbocycles. The van der Waals surface area contributed by atoms with Crippen LogP contribution in [0.3, 0.4) is 0 Å². The predicted octanol–water partition coefficient (Wildman–Crippen LogP) is 2.67. The first-order valence-corrected chi connectivity index (χ1v) is 9.62. The molecule has 0 radical (unpaired) electrons. The summed E-state index contributed by atoms with van der Waals surface area (Å²) in [5.74, 6) is 0.139. The third-order valence-electron chi connectivity index (χ3n) is 4.42. The standard InChI is InChI=1S/C17H24O5S/c1-3-17(13(8-14-10-20-14)9-15-11-21-15)22-23(18,19)16-6-4-12(2)5-7-16/h4-7,13-15,17H,3,8-11H2,1-2H3. The lowest BCUT2D eigenvalue weighted by Gasteiger charge is -2.25. The summed E-state index contributed by atoms with van der Waals surface area (Å²) in [4.78, 5) is 0.214. The number of hydrogen-bond donors (Lipinski definition) is 0. The molecule has 6 heteroatoms. The van der Waals surface area contributed by atoms with Gasteiger partial charge in [0.1, 0.15) is 0 Å². The molecule has 1 aromatic rings. The lowest BCUT2D eigenvalue weighted by molar-refractivity contribution is 0.111. The second-order valence-corrected chi connectivity index (χ2v) is 8.02. The summed E-state index contributed by atoms with van der Waals surface area (Å²) in [5.41, 5.74) is 1.02. The van der Waals surface area contributed by atoms with Crippen molar-refractivity contribution in [2.75, 3.05) is 13.2 Å². The van der Waals surface area contributed by atoms with Crippen molar-refractivity contribution in [3.8, 4) is 0 Å². The summed E-state index contributed by atoms with van der Waals surface area (Å²) in [5, 5.41) is 0. The SMILES string of the molecule is CCC(OS(=O)(=O)c1ccc(C)cc1)C(CC1CO1)CC1CO1. The number of benzene rings is 1. The van der Waals surface area contributed by atoms with Crippen molar-refractivity contribution in [2.24, 2.45) is 5.92 Å². The molecule has 0 spiro atoms. The highest BCUT2D eigenvalue weighted by molar-refractivity contribution is 7.86. The van der Waals surface area contributed by atoms with Crippen LogP contribution < -0.4 is 0 Å². The van der Waals surface area contributed by atoms with Gasteiger partial charge in [-0.05, 0) is 44.2 Å². The van der Waals surface area contributed by atoms with Crippen molar-refractivity contribution in [3.05, 3.63) is 29.8 Å². The Kier molecular flexibility index (Phi) is 5.06. The van der Waals surface area contributed by atoms with E-state index in [1.54, 1.807) is 24.3 Å². The van der Waals surface area contributed by atoms with E-state index >= 15 is 0 Å². The second kappa shape index (κ2) is 6.89. The molecule has 2 fully saturated rings. The largest absolute Gasteiger partial charge is 0.373 e. The van der Waals surface area contributed by atoms with E-state index in [-0.39, 0.29) is 29.1 Å². The minimum atomic E-state index is -3.75. The monoisotopic (exact) mass is 340 g/mol. The molecule has 0 N–H and O–H groups in total. The van der Waals surface area contributed by atoms with Crippen LogP contribution in [-0.2, 0) is 23.8 Å². The van der Waals surface area contributed by atoms with E-state index in [1.165, 1.54) is 0 Å². The first-order chi connectivity index (χ1) is 11.0. The molecule has 2 aliphatic rings. The van der Waals surface area contributed by atoms with Crippen LogP contribution in [-0.4, -0.2) is 39.9 Å². The lowest BCUT2D eigenvalue weighted by atomic mass is 9.90. The molecule has 0 bridgehead atoms. The Morgan fingerprint density at radius 1 is 1.13 bits per heavy atom. The van der Waals surface area contributed by atoms with Gasteiger partial charge in [-0.25, -0.2) is 0 Å². The van der Waals surface area contributed by atoms with E-state index in [2.05, 4.69) is 0 Å². The van der Waals surface area contributed by atoms with Crippen LogP contribution in [0.15, 0.2) is 29.2 Å². The molecule has 3 rings (SSSR count). The zero-order valence-electron chi connectivity index (χ0n) is 13.6. The van der Waals surface area contributed by atoms with Crippen molar-refractivity contribution < 1.29 is 22.1 Å². The summed E-state index contributed by atoms with van der Waals surface area (Å²) in [6, 6.07) is 6.76. The summed E-state index contributed by atoms with van der Waals surface area (Å²) in [6.07, 6.45) is 2.48. The number of ether oxygens (including phenoxy) is 2. The molecule has 0 aromatic heterocycles. The van der Waals surface area contributed by atoms with Gasteiger partial charge in [0, 0.05) is 0 Å². The van der Waals surface area contributed by atoms with Crippen molar-refractivity contribution in [3.63, 3.8) is 0 Å². The third kappa shape index (κ3) is 4.76. The van der Waals surface area contributed by atoms with E-state index in [4.69, 9.17) is 13.7 Å². The topological polar surface area (TPSA) is 68.4 Å². The van der Waals surface area contributed by atoms with Gasteiger partial charge in [-0.2, -0.15) is 8.42 Å². The van der Waals surface area contributed by atoms with Gasteiger partial charge in [-0.3, -0.25) is 4.18 Å². The molecule has 0 amide bonds. The van der Waals surface area contributed by atoms with Crippen LogP contribution in [0.4, 0.5) is 0 Å². The normalized spacial score (nSPS) is 25.8. The summed E-state index contributed by atoms with van der Waals surface area (Å²) >= 11 is 0. The van der Waals surface area contributed by atoms with Gasteiger partial charge in [0.05, 0.1) is 36.4 Å². The van der Waals surface area contributed by atoms with Crippen LogP contribution in [0.1, 0.15) is 31.7 Å². The van der Waals surface area contributed by atoms with E-state index in [0.717, 1.165) is 31.6 Å². The molecule has 1 aromatic carbocycles. The summed E-state index contributed by atoms with van der Waals surface area (Å²) in [7, 11) is -3.75. The minimum absolute atomic E-state index is 0.139. The first-order valence-electron chi connectivity index (χ1n) is 8.21. The maximum Gasteiger partial charge on any atom is 0.297 e. The molecule has 2 aliphatic heterocycles. The lowest BCUT2D eigenvalue weighted by Crippen LogP contribution is -2.29. The third-order valence-corrected chi connectivity index (χ3v) is 5.77. The van der Waals surface area contributed by atoms with Crippen molar-refractivity contribution in [1.82, 2.24) is 0 Å². The van der Waals surface area contributed by atoms with Gasteiger partial charge < -0.3 is 9.47 Å². The quantitative estimate of drug-likeness (QED) is 0.511. The Labute approximate surface area is 138 Å². The van der Waals surface area contributed by atoms with E-state index in [0.29, 0.717) is 6.42 Å². The molecule has 3 atom stereocenters. The Morgan fingerprint density at radius 2 is 1.65 bits per heavy atom. The van der Waals surface area contributed by atoms with Gasteiger partial charge in [-0.1, -0.05) is 24.6 Å². The zero-order valence-corrected chi connectivity index (χ0v) is 14.4. The summed E-state index contributed by atoms with van der Waals surface area (Å²) < 4.78 is 41.3. The van der Waals surface area contributed by atoms with Gasteiger partial charge in [-0.15, -0.1) is 0 Å². The average molecular weight is 340 g/mol. The number of epoxide rings is 2. The van der Waals surface area contributed by atoms with E-state index in [1.807, 2.05) is 13.8 Å². The highest BCUT2D eigenvalue weighted by Crippen LogP contribution is 2.33. The van der Waals surface area contributed by atoms with Crippen molar-refractivity contribution in [2.45, 2.75) is 56.3 Å². The minimum Gasteiger partial charge on any atom is -0.373 e. The molecule has 23 heavy (non-hydrogen) atoms. The molecule has 2 saturated heterocycles. The van der Waals surface area contributed by atoms with Crippen molar-refractivity contribution in [1.29, 1.82) is 0 Å². The predicted molar refractivity (Wildman–Crippen MR) is 85.7 cm³/mol. The van der Waals surface area contributed by atoms with Gasteiger partial charge in [0.25, 0.3) is 10.1 Å². The molecule has 5 nitrogen and oxygen atoms in total.